The summed E-state index contributed by atoms with van der Waals surface area (Å²) in [6.45, 7) is 1.26. The Morgan fingerprint density at radius 2 is 1.47 bits per heavy atom. The molecule has 0 fully saturated rings. The SMILES string of the molecule is Cc1cc(C(=O)O)c(F)c(F)c1F.Fc1ccc(OCc2ccccc2)c(F)c1F. The van der Waals surface area contributed by atoms with Crippen LogP contribution in [0.2, 0.25) is 0 Å². The van der Waals surface area contributed by atoms with Crippen molar-refractivity contribution in [1.29, 1.82) is 0 Å². The summed E-state index contributed by atoms with van der Waals surface area (Å²) in [4.78, 5) is 10.3. The molecule has 3 aromatic rings. The minimum Gasteiger partial charge on any atom is -0.486 e. The molecule has 0 saturated heterocycles. The van der Waals surface area contributed by atoms with Crippen LogP contribution in [0.25, 0.3) is 0 Å². The van der Waals surface area contributed by atoms with Crippen molar-refractivity contribution in [3.8, 4) is 5.75 Å². The lowest BCUT2D eigenvalue weighted by Gasteiger charge is -2.07. The summed E-state index contributed by atoms with van der Waals surface area (Å²) < 4.78 is 81.8. The number of benzene rings is 3. The molecule has 3 nitrogen and oxygen atoms in total. The highest BCUT2D eigenvalue weighted by Gasteiger charge is 2.20. The largest absolute Gasteiger partial charge is 0.486 e. The van der Waals surface area contributed by atoms with Gasteiger partial charge in [-0.25, -0.2) is 26.7 Å². The summed E-state index contributed by atoms with van der Waals surface area (Å²) in [5.41, 5.74) is -0.288. The fourth-order valence-corrected chi connectivity index (χ4v) is 2.24. The molecule has 0 heterocycles. The predicted octanol–water partition coefficient (Wildman–Crippen LogP) is 5.79. The van der Waals surface area contributed by atoms with Gasteiger partial charge in [-0.3, -0.25) is 0 Å². The second kappa shape index (κ2) is 9.82. The summed E-state index contributed by atoms with van der Waals surface area (Å²) in [6, 6.07) is 11.7. The van der Waals surface area contributed by atoms with E-state index < -0.39 is 46.4 Å². The van der Waals surface area contributed by atoms with Crippen molar-refractivity contribution in [2.45, 2.75) is 13.5 Å². The van der Waals surface area contributed by atoms with Gasteiger partial charge in [-0.05, 0) is 36.2 Å². The van der Waals surface area contributed by atoms with E-state index in [-0.39, 0.29) is 17.9 Å². The van der Waals surface area contributed by atoms with Crippen LogP contribution in [0, 0.1) is 41.8 Å². The van der Waals surface area contributed by atoms with Crippen molar-refractivity contribution in [3.05, 3.63) is 100 Å². The van der Waals surface area contributed by atoms with Crippen molar-refractivity contribution in [3.63, 3.8) is 0 Å². The molecule has 3 aromatic carbocycles. The van der Waals surface area contributed by atoms with Gasteiger partial charge in [-0.2, -0.15) is 4.39 Å². The van der Waals surface area contributed by atoms with Crippen LogP contribution in [0.5, 0.6) is 5.75 Å². The smallest absolute Gasteiger partial charge is 0.338 e. The molecule has 30 heavy (non-hydrogen) atoms. The molecule has 0 aliphatic rings. The van der Waals surface area contributed by atoms with Gasteiger partial charge in [-0.1, -0.05) is 30.3 Å². The minimum atomic E-state index is -1.75. The molecule has 0 radical (unpaired) electrons. The number of rotatable bonds is 4. The highest BCUT2D eigenvalue weighted by molar-refractivity contribution is 5.88. The van der Waals surface area contributed by atoms with Gasteiger partial charge in [0.1, 0.15) is 6.61 Å². The van der Waals surface area contributed by atoms with Crippen LogP contribution in [-0.2, 0) is 6.61 Å². The second-order valence-corrected chi connectivity index (χ2v) is 5.94. The molecule has 0 amide bonds. The van der Waals surface area contributed by atoms with E-state index in [1.165, 1.54) is 0 Å². The zero-order chi connectivity index (χ0) is 22.4. The number of carboxylic acids is 1. The third-order valence-corrected chi connectivity index (χ3v) is 3.80. The first-order chi connectivity index (χ1) is 14.1. The van der Waals surface area contributed by atoms with Crippen LogP contribution in [0.4, 0.5) is 26.3 Å². The van der Waals surface area contributed by atoms with Crippen molar-refractivity contribution in [1.82, 2.24) is 0 Å². The van der Waals surface area contributed by atoms with Crippen LogP contribution in [0.1, 0.15) is 21.5 Å². The Bertz CT molecular complexity index is 1050. The number of hydrogen-bond acceptors (Lipinski definition) is 2. The Hall–Kier alpha value is -3.49. The van der Waals surface area contributed by atoms with E-state index in [0.29, 0.717) is 0 Å². The van der Waals surface area contributed by atoms with Gasteiger partial charge < -0.3 is 9.84 Å². The molecule has 158 valence electrons. The summed E-state index contributed by atoms with van der Waals surface area (Å²) in [6.07, 6.45) is 0. The van der Waals surface area contributed by atoms with Crippen LogP contribution in [0.15, 0.2) is 48.5 Å². The maximum Gasteiger partial charge on any atom is 0.338 e. The van der Waals surface area contributed by atoms with Crippen molar-refractivity contribution >= 4 is 5.97 Å². The van der Waals surface area contributed by atoms with Crippen LogP contribution in [0.3, 0.4) is 0 Å². The summed E-state index contributed by atoms with van der Waals surface area (Å²) in [5.74, 6) is -10.8. The Morgan fingerprint density at radius 1 is 0.833 bits per heavy atom. The van der Waals surface area contributed by atoms with E-state index >= 15 is 0 Å². The molecule has 0 bridgehead atoms. The Balaban J connectivity index is 0.000000222. The van der Waals surface area contributed by atoms with Gasteiger partial charge in [0.2, 0.25) is 5.82 Å². The minimum absolute atomic E-state index is 0.100. The topological polar surface area (TPSA) is 46.5 Å². The third kappa shape index (κ3) is 5.31. The molecule has 0 atom stereocenters. The first-order valence-corrected chi connectivity index (χ1v) is 8.31. The standard InChI is InChI=1S/C13H9F3O.C8H5F3O2/c14-10-6-7-11(13(16)12(10)15)17-8-9-4-2-1-3-5-9;1-3-2-4(8(12)13)6(10)7(11)5(3)9/h1-7H,8H2;2H,1H3,(H,12,13). The van der Waals surface area contributed by atoms with Crippen LogP contribution >= 0.6 is 0 Å². The monoisotopic (exact) mass is 428 g/mol. The summed E-state index contributed by atoms with van der Waals surface area (Å²) in [5, 5.41) is 8.38. The molecule has 0 aliphatic carbocycles. The van der Waals surface area contributed by atoms with Gasteiger partial charge >= 0.3 is 5.97 Å². The van der Waals surface area contributed by atoms with Crippen molar-refractivity contribution in [2.75, 3.05) is 0 Å². The fourth-order valence-electron chi connectivity index (χ4n) is 2.24. The molecule has 0 unspecified atom stereocenters. The number of carboxylic acid groups (broad SMARTS) is 1. The zero-order valence-electron chi connectivity index (χ0n) is 15.4. The van der Waals surface area contributed by atoms with E-state index in [9.17, 15) is 31.1 Å². The van der Waals surface area contributed by atoms with E-state index in [2.05, 4.69) is 0 Å². The number of ether oxygens (including phenoxy) is 1. The van der Waals surface area contributed by atoms with Crippen molar-refractivity contribution in [2.24, 2.45) is 0 Å². The number of aromatic carboxylic acids is 1. The number of carbonyl (C=O) groups is 1. The molecule has 0 spiro atoms. The molecule has 3 rings (SSSR count). The van der Waals surface area contributed by atoms with Gasteiger partial charge in [0.05, 0.1) is 5.56 Å². The highest BCUT2D eigenvalue weighted by atomic mass is 19.2. The highest BCUT2D eigenvalue weighted by Crippen LogP contribution is 2.22. The zero-order valence-corrected chi connectivity index (χ0v) is 15.4. The Morgan fingerprint density at radius 3 is 2.07 bits per heavy atom. The molecular formula is C21H14F6O3. The lowest BCUT2D eigenvalue weighted by molar-refractivity contribution is 0.0690. The van der Waals surface area contributed by atoms with Gasteiger partial charge in [0.15, 0.2) is 34.8 Å². The Labute approximate surface area is 167 Å². The first kappa shape index (κ1) is 22.8. The maximum absolute atomic E-state index is 13.2. The quantitative estimate of drug-likeness (QED) is 0.423. The van der Waals surface area contributed by atoms with Crippen molar-refractivity contribution < 1.29 is 41.0 Å². The maximum atomic E-state index is 13.2. The Kier molecular flexibility index (Phi) is 7.46. The number of halogens is 6. The second-order valence-electron chi connectivity index (χ2n) is 5.94. The van der Waals surface area contributed by atoms with Gasteiger partial charge in [0, 0.05) is 0 Å². The van der Waals surface area contributed by atoms with Crippen LogP contribution < -0.4 is 4.74 Å². The molecule has 0 aromatic heterocycles. The molecular weight excluding hydrogens is 414 g/mol. The first-order valence-electron chi connectivity index (χ1n) is 8.31. The van der Waals surface area contributed by atoms with E-state index in [1.54, 1.807) is 24.3 Å². The average Bonchev–Trinajstić information content (AvgIpc) is 2.73. The molecule has 1 N–H and O–H groups in total. The molecule has 9 heteroatoms. The summed E-state index contributed by atoms with van der Waals surface area (Å²) >= 11 is 0. The molecule has 0 aliphatic heterocycles. The number of hydrogen-bond donors (Lipinski definition) is 1. The van der Waals surface area contributed by atoms with Gasteiger partial charge in [0.25, 0.3) is 0 Å². The third-order valence-electron chi connectivity index (χ3n) is 3.80. The normalized spacial score (nSPS) is 10.2. The lowest BCUT2D eigenvalue weighted by atomic mass is 10.1. The lowest BCUT2D eigenvalue weighted by Crippen LogP contribution is -2.06. The van der Waals surface area contributed by atoms with E-state index in [4.69, 9.17) is 9.84 Å². The fraction of sp³-hybridized carbons (Fsp3) is 0.0952. The molecule has 0 saturated carbocycles. The predicted molar refractivity (Wildman–Crippen MR) is 95.1 cm³/mol. The van der Waals surface area contributed by atoms with Gasteiger partial charge in [-0.15, -0.1) is 0 Å². The number of aryl methyl sites for hydroxylation is 1. The van der Waals surface area contributed by atoms with E-state index in [0.717, 1.165) is 30.7 Å². The van der Waals surface area contributed by atoms with Crippen LogP contribution in [-0.4, -0.2) is 11.1 Å². The van der Waals surface area contributed by atoms with E-state index in [1.807, 2.05) is 6.07 Å². The summed E-state index contributed by atoms with van der Waals surface area (Å²) in [7, 11) is 0. The average molecular weight is 428 g/mol.